The molecule has 0 aromatic carbocycles. The summed E-state index contributed by atoms with van der Waals surface area (Å²) < 4.78 is 10.7. The number of pyridine rings is 1. The van der Waals surface area contributed by atoms with Crippen LogP contribution in [0.3, 0.4) is 0 Å². The molecule has 90 valence electrons. The highest BCUT2D eigenvalue weighted by molar-refractivity contribution is 8.54. The molecule has 16 heavy (non-hydrogen) atoms. The largest absolute Gasteiger partial charge is 0.506 e. The number of aliphatic hydroxyl groups is 1. The molecule has 0 bridgehead atoms. The zero-order valence-corrected chi connectivity index (χ0v) is 10.2. The fourth-order valence-electron chi connectivity index (χ4n) is 1.14. The molecule has 1 aromatic rings. The zero-order chi connectivity index (χ0) is 12.3. The summed E-state index contributed by atoms with van der Waals surface area (Å²) in [7, 11) is 0. The molecule has 8 heteroatoms. The van der Waals surface area contributed by atoms with Crippen molar-refractivity contribution in [2.24, 2.45) is 0 Å². The second kappa shape index (κ2) is 5.16. The number of aromatic nitrogens is 1. The third-order valence-corrected chi connectivity index (χ3v) is 4.15. The van der Waals surface area contributed by atoms with E-state index in [0.717, 1.165) is 0 Å². The molecule has 0 saturated heterocycles. The monoisotopic (exact) mass is 265 g/mol. The van der Waals surface area contributed by atoms with Crippen molar-refractivity contribution in [3.8, 4) is 5.75 Å². The van der Waals surface area contributed by atoms with Crippen molar-refractivity contribution in [2.45, 2.75) is 19.3 Å². The molecule has 4 N–H and O–H groups in total. The normalized spacial score (nSPS) is 11.8. The topological polar surface area (TPSA) is 111 Å². The van der Waals surface area contributed by atoms with Crippen molar-refractivity contribution in [2.75, 3.05) is 0 Å². The van der Waals surface area contributed by atoms with Crippen molar-refractivity contribution in [3.63, 3.8) is 0 Å². The van der Waals surface area contributed by atoms with Gasteiger partial charge < -0.3 is 20.0 Å². The molecule has 0 amide bonds. The lowest BCUT2D eigenvalue weighted by atomic mass is 10.1. The van der Waals surface area contributed by atoms with E-state index in [1.165, 1.54) is 6.20 Å². The predicted octanol–water partition coefficient (Wildman–Crippen LogP) is 0.914. The molecule has 1 heterocycles. The van der Waals surface area contributed by atoms with Crippen LogP contribution >= 0.6 is 18.2 Å². The maximum atomic E-state index is 10.7. The van der Waals surface area contributed by atoms with E-state index in [1.807, 2.05) is 0 Å². The Kier molecular flexibility index (Phi) is 4.35. The van der Waals surface area contributed by atoms with Gasteiger partial charge in [-0.25, -0.2) is 4.57 Å². The van der Waals surface area contributed by atoms with Gasteiger partial charge in [-0.2, -0.15) is 0 Å². The molecular formula is C8H12NO5PS. The molecule has 0 fully saturated rings. The Balaban J connectivity index is 2.97. The average molecular weight is 265 g/mol. The second-order valence-corrected chi connectivity index (χ2v) is 6.85. The molecule has 0 atom stereocenters. The molecule has 0 aliphatic carbocycles. The van der Waals surface area contributed by atoms with Crippen LogP contribution in [0.2, 0.25) is 0 Å². The van der Waals surface area contributed by atoms with E-state index < -0.39 is 13.4 Å². The van der Waals surface area contributed by atoms with Crippen LogP contribution in [0.4, 0.5) is 0 Å². The first kappa shape index (κ1) is 13.5. The summed E-state index contributed by atoms with van der Waals surface area (Å²) in [6, 6.07) is 0. The van der Waals surface area contributed by atoms with Crippen molar-refractivity contribution in [1.29, 1.82) is 0 Å². The van der Waals surface area contributed by atoms with Crippen LogP contribution in [-0.4, -0.2) is 25.0 Å². The Morgan fingerprint density at radius 3 is 2.62 bits per heavy atom. The maximum absolute atomic E-state index is 10.7. The van der Waals surface area contributed by atoms with Crippen molar-refractivity contribution in [1.82, 2.24) is 4.98 Å². The third kappa shape index (κ3) is 3.47. The van der Waals surface area contributed by atoms with E-state index in [9.17, 15) is 9.67 Å². The first-order chi connectivity index (χ1) is 7.35. The van der Waals surface area contributed by atoms with E-state index in [2.05, 4.69) is 4.98 Å². The molecule has 0 saturated carbocycles. The first-order valence-corrected chi connectivity index (χ1v) is 7.52. The van der Waals surface area contributed by atoms with Gasteiger partial charge in [0, 0.05) is 17.5 Å². The summed E-state index contributed by atoms with van der Waals surface area (Å²) >= 11 is 0.435. The summed E-state index contributed by atoms with van der Waals surface area (Å²) in [5, 5.41) is 18.6. The Morgan fingerprint density at radius 2 is 2.12 bits per heavy atom. The van der Waals surface area contributed by atoms with Crippen LogP contribution in [0.5, 0.6) is 5.75 Å². The van der Waals surface area contributed by atoms with Crippen molar-refractivity contribution < 1.29 is 24.6 Å². The van der Waals surface area contributed by atoms with Gasteiger partial charge in [0.25, 0.3) is 0 Å². The van der Waals surface area contributed by atoms with Gasteiger partial charge in [0.15, 0.2) is 0 Å². The maximum Gasteiger partial charge on any atom is 0.384 e. The van der Waals surface area contributed by atoms with Crippen molar-refractivity contribution >= 4 is 18.2 Å². The number of hydrogen-bond acceptors (Lipinski definition) is 5. The summed E-state index contributed by atoms with van der Waals surface area (Å²) in [5.41, 5.74) is 1.04. The van der Waals surface area contributed by atoms with Crippen LogP contribution < -0.4 is 0 Å². The van der Waals surface area contributed by atoms with Crippen LogP contribution in [0.1, 0.15) is 16.8 Å². The summed E-state index contributed by atoms with van der Waals surface area (Å²) in [6.45, 7) is -2.98. The zero-order valence-electron chi connectivity index (χ0n) is 8.49. The highest BCUT2D eigenvalue weighted by atomic mass is 32.7. The highest BCUT2D eigenvalue weighted by Gasteiger charge is 2.17. The minimum atomic E-state index is -4.16. The van der Waals surface area contributed by atoms with E-state index in [0.29, 0.717) is 22.6 Å². The van der Waals surface area contributed by atoms with Gasteiger partial charge in [0.05, 0.1) is 12.3 Å². The predicted molar refractivity (Wildman–Crippen MR) is 59.9 cm³/mol. The SMILES string of the molecule is Cc1ncc(CSP(=O)(O)O)c(CO)c1O. The molecular weight excluding hydrogens is 253 g/mol. The number of hydrogen-bond donors (Lipinski definition) is 4. The standard InChI is InChI=1S/C8H12NO5PS/c1-5-8(11)7(3-10)6(2-9-5)4-16-15(12,13)14/h2,10-11H,3-4H2,1H3,(H2,12,13,14). The molecule has 0 unspecified atom stereocenters. The summed E-state index contributed by atoms with van der Waals surface area (Å²) in [5.74, 6) is -0.146. The van der Waals surface area contributed by atoms with E-state index in [1.54, 1.807) is 6.92 Å². The molecule has 0 aliphatic heterocycles. The van der Waals surface area contributed by atoms with E-state index >= 15 is 0 Å². The second-order valence-electron chi connectivity index (χ2n) is 3.12. The Labute approximate surface area is 96.3 Å². The van der Waals surface area contributed by atoms with Crippen LogP contribution in [0.25, 0.3) is 0 Å². The molecule has 1 rings (SSSR count). The minimum Gasteiger partial charge on any atom is -0.506 e. The molecule has 0 spiro atoms. The quantitative estimate of drug-likeness (QED) is 0.599. The lowest BCUT2D eigenvalue weighted by Gasteiger charge is -2.10. The lowest BCUT2D eigenvalue weighted by Crippen LogP contribution is -1.97. The van der Waals surface area contributed by atoms with Gasteiger partial charge in [0.1, 0.15) is 5.75 Å². The number of aromatic hydroxyl groups is 1. The fourth-order valence-corrected chi connectivity index (χ4v) is 2.62. The van der Waals surface area contributed by atoms with Gasteiger partial charge in [-0.3, -0.25) is 4.98 Å². The lowest BCUT2D eigenvalue weighted by molar-refractivity contribution is 0.274. The Morgan fingerprint density at radius 1 is 1.50 bits per heavy atom. The van der Waals surface area contributed by atoms with Gasteiger partial charge in [0.2, 0.25) is 0 Å². The Bertz CT molecular complexity index is 433. The van der Waals surface area contributed by atoms with Crippen LogP contribution in [-0.2, 0) is 16.9 Å². The van der Waals surface area contributed by atoms with Gasteiger partial charge in [-0.1, -0.05) is 0 Å². The number of nitrogens with zero attached hydrogens (tertiary/aromatic N) is 1. The Hall–Kier alpha value is -0.590. The van der Waals surface area contributed by atoms with E-state index in [-0.39, 0.29) is 17.1 Å². The number of rotatable bonds is 4. The van der Waals surface area contributed by atoms with E-state index in [4.69, 9.17) is 14.9 Å². The third-order valence-electron chi connectivity index (χ3n) is 1.98. The average Bonchev–Trinajstić information content (AvgIpc) is 2.18. The first-order valence-electron chi connectivity index (χ1n) is 4.32. The summed E-state index contributed by atoms with van der Waals surface area (Å²) in [4.78, 5) is 21.3. The van der Waals surface area contributed by atoms with Crippen LogP contribution in [0.15, 0.2) is 6.20 Å². The van der Waals surface area contributed by atoms with Gasteiger partial charge in [-0.05, 0) is 23.9 Å². The smallest absolute Gasteiger partial charge is 0.384 e. The highest BCUT2D eigenvalue weighted by Crippen LogP contribution is 2.52. The molecule has 0 aliphatic rings. The molecule has 1 aromatic heterocycles. The molecule has 6 nitrogen and oxygen atoms in total. The van der Waals surface area contributed by atoms with Gasteiger partial charge in [-0.15, -0.1) is 0 Å². The van der Waals surface area contributed by atoms with Gasteiger partial charge >= 0.3 is 6.80 Å². The summed E-state index contributed by atoms with van der Waals surface area (Å²) in [6.07, 6.45) is 1.39. The number of aliphatic hydroxyl groups excluding tert-OH is 1. The minimum absolute atomic E-state index is 0.0129. The molecule has 0 radical (unpaired) electrons. The van der Waals surface area contributed by atoms with Crippen LogP contribution in [0, 0.1) is 6.92 Å². The van der Waals surface area contributed by atoms with Crippen molar-refractivity contribution in [3.05, 3.63) is 23.0 Å². The fraction of sp³-hybridized carbons (Fsp3) is 0.375. The number of aryl methyl sites for hydroxylation is 1.